The predicted octanol–water partition coefficient (Wildman–Crippen LogP) is -0.631. The van der Waals surface area contributed by atoms with Gasteiger partial charge in [-0.25, -0.2) is 9.59 Å². The molecule has 0 saturated heterocycles. The number of rotatable bonds is 4. The summed E-state index contributed by atoms with van der Waals surface area (Å²) in [6, 6.07) is 1.28. The molecular weight excluding hydrogens is 230 g/mol. The Balaban J connectivity index is 2.83. The van der Waals surface area contributed by atoms with E-state index in [1.54, 1.807) is 0 Å². The monoisotopic (exact) mass is 243 g/mol. The summed E-state index contributed by atoms with van der Waals surface area (Å²) in [5, 5.41) is 19.0. The lowest BCUT2D eigenvalue weighted by Gasteiger charge is -2.13. The van der Waals surface area contributed by atoms with Crippen LogP contribution in [0.1, 0.15) is 22.2 Å². The number of aromatic amines is 1. The molecule has 0 spiro atoms. The molecule has 0 aliphatic rings. The Morgan fingerprint density at radius 1 is 1.29 bits per heavy atom. The maximum atomic E-state index is 11.1. The van der Waals surface area contributed by atoms with Crippen LogP contribution in [0.5, 0.6) is 0 Å². The molecule has 0 amide bonds. The van der Waals surface area contributed by atoms with Crippen LogP contribution in [-0.4, -0.2) is 47.5 Å². The Hall–Kier alpha value is -1.86. The van der Waals surface area contributed by atoms with Crippen molar-refractivity contribution in [1.29, 1.82) is 0 Å². The molecule has 17 heavy (non-hydrogen) atoms. The van der Waals surface area contributed by atoms with Crippen molar-refractivity contribution in [3.8, 4) is 0 Å². The maximum Gasteiger partial charge on any atom is 0.354 e. The van der Waals surface area contributed by atoms with Gasteiger partial charge in [-0.3, -0.25) is 0 Å². The Bertz CT molecular complexity index is 413. The smallest absolute Gasteiger partial charge is 0.354 e. The van der Waals surface area contributed by atoms with Crippen molar-refractivity contribution in [3.63, 3.8) is 0 Å². The normalized spacial score (nSPS) is 13.9. The van der Waals surface area contributed by atoms with Gasteiger partial charge in [0.05, 0.1) is 14.2 Å². The molecule has 7 nitrogen and oxygen atoms in total. The molecule has 0 bridgehead atoms. The second-order valence-corrected chi connectivity index (χ2v) is 3.25. The Morgan fingerprint density at radius 2 is 1.94 bits per heavy atom. The number of carbonyl (C=O) groups is 2. The van der Waals surface area contributed by atoms with Crippen LogP contribution >= 0.6 is 0 Å². The molecule has 0 aromatic carbocycles. The first-order valence-electron chi connectivity index (χ1n) is 4.71. The van der Waals surface area contributed by atoms with E-state index in [0.29, 0.717) is 0 Å². The van der Waals surface area contributed by atoms with Crippen LogP contribution in [0, 0.1) is 0 Å². The van der Waals surface area contributed by atoms with E-state index >= 15 is 0 Å². The van der Waals surface area contributed by atoms with Crippen molar-refractivity contribution in [3.05, 3.63) is 23.5 Å². The number of aliphatic hydroxyl groups is 2. The lowest BCUT2D eigenvalue weighted by Crippen LogP contribution is -2.28. The van der Waals surface area contributed by atoms with Crippen molar-refractivity contribution >= 4 is 11.9 Å². The van der Waals surface area contributed by atoms with Crippen molar-refractivity contribution in [2.24, 2.45) is 0 Å². The summed E-state index contributed by atoms with van der Waals surface area (Å²) >= 11 is 0. The number of methoxy groups -OCH3 is 2. The summed E-state index contributed by atoms with van der Waals surface area (Å²) in [6.07, 6.45) is -1.89. The van der Waals surface area contributed by atoms with Crippen molar-refractivity contribution in [1.82, 2.24) is 4.98 Å². The molecule has 1 aromatic rings. The highest BCUT2D eigenvalue weighted by Crippen LogP contribution is 2.19. The van der Waals surface area contributed by atoms with Gasteiger partial charge in [-0.15, -0.1) is 0 Å². The van der Waals surface area contributed by atoms with E-state index in [9.17, 15) is 19.8 Å². The third kappa shape index (κ3) is 2.83. The summed E-state index contributed by atoms with van der Waals surface area (Å²) in [5.41, 5.74) is 0.293. The molecule has 0 saturated carbocycles. The summed E-state index contributed by atoms with van der Waals surface area (Å²) in [5.74, 6) is -1.57. The van der Waals surface area contributed by atoms with Gasteiger partial charge >= 0.3 is 11.9 Å². The van der Waals surface area contributed by atoms with Crippen LogP contribution in [0.15, 0.2) is 12.3 Å². The molecule has 2 atom stereocenters. The zero-order valence-electron chi connectivity index (χ0n) is 9.34. The summed E-state index contributed by atoms with van der Waals surface area (Å²) in [7, 11) is 2.30. The molecule has 1 rings (SSSR count). The van der Waals surface area contributed by atoms with Gasteiger partial charge in [0.2, 0.25) is 0 Å². The van der Waals surface area contributed by atoms with E-state index < -0.39 is 24.1 Å². The summed E-state index contributed by atoms with van der Waals surface area (Å²) in [6.45, 7) is 0. The highest BCUT2D eigenvalue weighted by Gasteiger charge is 2.27. The Morgan fingerprint density at radius 3 is 2.47 bits per heavy atom. The fourth-order valence-corrected chi connectivity index (χ4v) is 1.24. The predicted molar refractivity (Wildman–Crippen MR) is 55.1 cm³/mol. The van der Waals surface area contributed by atoms with Gasteiger partial charge in [-0.05, 0) is 6.07 Å². The van der Waals surface area contributed by atoms with Gasteiger partial charge in [0, 0.05) is 11.8 Å². The largest absolute Gasteiger partial charge is 0.467 e. The standard InChI is InChI=1S/C10H13NO6/c1-16-9(14)6-3-5(4-11-6)7(12)8(13)10(15)17-2/h3-4,7-8,11-13H,1-2H3. The minimum Gasteiger partial charge on any atom is -0.467 e. The summed E-state index contributed by atoms with van der Waals surface area (Å²) < 4.78 is 8.73. The van der Waals surface area contributed by atoms with Crippen molar-refractivity contribution in [2.75, 3.05) is 14.2 Å². The van der Waals surface area contributed by atoms with Gasteiger partial charge in [-0.2, -0.15) is 0 Å². The van der Waals surface area contributed by atoms with Crippen LogP contribution in [0.4, 0.5) is 0 Å². The number of esters is 2. The van der Waals surface area contributed by atoms with E-state index in [0.717, 1.165) is 7.11 Å². The van der Waals surface area contributed by atoms with Crippen molar-refractivity contribution in [2.45, 2.75) is 12.2 Å². The minimum absolute atomic E-state index is 0.110. The van der Waals surface area contributed by atoms with Crippen LogP contribution in [-0.2, 0) is 14.3 Å². The number of ether oxygens (including phenoxy) is 2. The molecular formula is C10H13NO6. The lowest BCUT2D eigenvalue weighted by molar-refractivity contribution is -0.156. The zero-order chi connectivity index (χ0) is 13.0. The molecule has 1 aromatic heterocycles. The first kappa shape index (κ1) is 13.2. The first-order valence-corrected chi connectivity index (χ1v) is 4.71. The molecule has 0 aliphatic heterocycles. The SMILES string of the molecule is COC(=O)c1cc(C(O)C(O)C(=O)OC)c[nH]1. The van der Waals surface area contributed by atoms with E-state index in [1.807, 2.05) is 0 Å². The van der Waals surface area contributed by atoms with E-state index in [4.69, 9.17) is 0 Å². The molecule has 2 unspecified atom stereocenters. The second kappa shape index (κ2) is 5.46. The quantitative estimate of drug-likeness (QED) is 0.607. The van der Waals surface area contributed by atoms with E-state index in [2.05, 4.69) is 14.5 Å². The minimum atomic E-state index is -1.71. The molecule has 94 valence electrons. The van der Waals surface area contributed by atoms with Gasteiger partial charge in [0.1, 0.15) is 11.8 Å². The third-order valence-corrected chi connectivity index (χ3v) is 2.19. The molecule has 0 radical (unpaired) electrons. The van der Waals surface area contributed by atoms with Crippen LogP contribution in [0.2, 0.25) is 0 Å². The zero-order valence-corrected chi connectivity index (χ0v) is 9.34. The number of nitrogens with one attached hydrogen (secondary N) is 1. The number of aromatic nitrogens is 1. The van der Waals surface area contributed by atoms with Gasteiger partial charge in [0.15, 0.2) is 6.10 Å². The van der Waals surface area contributed by atoms with Gasteiger partial charge < -0.3 is 24.7 Å². The second-order valence-electron chi connectivity index (χ2n) is 3.25. The summed E-state index contributed by atoms with van der Waals surface area (Å²) in [4.78, 5) is 24.7. The van der Waals surface area contributed by atoms with Gasteiger partial charge in [0.25, 0.3) is 0 Å². The fourth-order valence-electron chi connectivity index (χ4n) is 1.24. The Kier molecular flexibility index (Phi) is 4.24. The van der Waals surface area contributed by atoms with E-state index in [-0.39, 0.29) is 11.3 Å². The number of H-pyrrole nitrogens is 1. The van der Waals surface area contributed by atoms with Crippen molar-refractivity contribution < 1.29 is 29.3 Å². The fraction of sp³-hybridized carbons (Fsp3) is 0.400. The van der Waals surface area contributed by atoms with E-state index in [1.165, 1.54) is 19.4 Å². The third-order valence-electron chi connectivity index (χ3n) is 2.19. The number of hydrogen-bond donors (Lipinski definition) is 3. The highest BCUT2D eigenvalue weighted by atomic mass is 16.5. The average Bonchev–Trinajstić information content (AvgIpc) is 2.84. The molecule has 3 N–H and O–H groups in total. The average molecular weight is 243 g/mol. The molecule has 0 fully saturated rings. The highest BCUT2D eigenvalue weighted by molar-refractivity contribution is 5.87. The van der Waals surface area contributed by atoms with Crippen LogP contribution in [0.25, 0.3) is 0 Å². The topological polar surface area (TPSA) is 109 Å². The molecule has 7 heteroatoms. The molecule has 0 aliphatic carbocycles. The molecule has 1 heterocycles. The Labute approximate surface area is 97.0 Å². The lowest BCUT2D eigenvalue weighted by atomic mass is 10.1. The van der Waals surface area contributed by atoms with Crippen LogP contribution < -0.4 is 0 Å². The maximum absolute atomic E-state index is 11.1. The number of carbonyl (C=O) groups excluding carboxylic acids is 2. The van der Waals surface area contributed by atoms with Gasteiger partial charge in [-0.1, -0.05) is 0 Å². The number of aliphatic hydroxyl groups excluding tert-OH is 2. The number of hydrogen-bond acceptors (Lipinski definition) is 6. The first-order chi connectivity index (χ1) is 8.01. The van der Waals surface area contributed by atoms with Crippen LogP contribution in [0.3, 0.4) is 0 Å².